The minimum atomic E-state index is 0.143. The Kier molecular flexibility index (Phi) is 5.16. The van der Waals surface area contributed by atoms with Crippen molar-refractivity contribution in [3.63, 3.8) is 0 Å². The molecule has 2 N–H and O–H groups in total. The zero-order chi connectivity index (χ0) is 12.9. The van der Waals surface area contributed by atoms with Crippen LogP contribution in [0.1, 0.15) is 37.8 Å². The number of rotatable bonds is 6. The van der Waals surface area contributed by atoms with E-state index in [2.05, 4.69) is 57.0 Å². The van der Waals surface area contributed by atoms with Crippen LogP contribution in [0.25, 0.3) is 0 Å². The van der Waals surface area contributed by atoms with Gasteiger partial charge in [0.05, 0.1) is 0 Å². The highest BCUT2D eigenvalue weighted by Crippen LogP contribution is 2.23. The third-order valence-electron chi connectivity index (χ3n) is 4.01. The third kappa shape index (κ3) is 3.30. The van der Waals surface area contributed by atoms with Crippen molar-refractivity contribution in [3.8, 4) is 0 Å². The maximum Gasteiger partial charge on any atom is 0.0327 e. The highest BCUT2D eigenvalue weighted by atomic mass is 15.2. The van der Waals surface area contributed by atoms with Crippen LogP contribution in [0.15, 0.2) is 24.3 Å². The predicted molar refractivity (Wildman–Crippen MR) is 75.0 cm³/mol. The zero-order valence-electron chi connectivity index (χ0n) is 11.7. The van der Waals surface area contributed by atoms with Crippen molar-refractivity contribution in [1.82, 2.24) is 4.90 Å². The Bertz CT molecular complexity index is 334. The van der Waals surface area contributed by atoms with Gasteiger partial charge in [0.25, 0.3) is 0 Å². The number of nitrogens with zero attached hydrogens (tertiary/aromatic N) is 1. The molecule has 0 fully saturated rings. The summed E-state index contributed by atoms with van der Waals surface area (Å²) in [5, 5.41) is 0. The summed E-state index contributed by atoms with van der Waals surface area (Å²) in [5.41, 5.74) is 8.80. The van der Waals surface area contributed by atoms with Crippen molar-refractivity contribution in [2.45, 2.75) is 45.7 Å². The van der Waals surface area contributed by atoms with Gasteiger partial charge in [-0.05, 0) is 32.4 Å². The van der Waals surface area contributed by atoms with Crippen LogP contribution < -0.4 is 5.73 Å². The predicted octanol–water partition coefficient (Wildman–Crippen LogP) is 2.94. The lowest BCUT2D eigenvalue weighted by molar-refractivity contribution is 0.108. The summed E-state index contributed by atoms with van der Waals surface area (Å²) in [6.07, 6.45) is 2.20. The first kappa shape index (κ1) is 14.2. The Morgan fingerprint density at radius 3 is 2.35 bits per heavy atom. The summed E-state index contributed by atoms with van der Waals surface area (Å²) < 4.78 is 0. The molecule has 2 heteroatoms. The van der Waals surface area contributed by atoms with E-state index in [1.54, 1.807) is 0 Å². The molecule has 2 nitrogen and oxygen atoms in total. The van der Waals surface area contributed by atoms with E-state index in [1.165, 1.54) is 11.1 Å². The van der Waals surface area contributed by atoms with Crippen molar-refractivity contribution in [3.05, 3.63) is 35.4 Å². The van der Waals surface area contributed by atoms with E-state index in [1.807, 2.05) is 0 Å². The molecule has 0 aliphatic heterocycles. The molecule has 0 saturated heterocycles. The molecule has 0 saturated carbocycles. The number of benzene rings is 1. The van der Waals surface area contributed by atoms with Gasteiger partial charge in [0.1, 0.15) is 0 Å². The minimum Gasteiger partial charge on any atom is -0.329 e. The van der Waals surface area contributed by atoms with Gasteiger partial charge in [-0.25, -0.2) is 0 Å². The summed E-state index contributed by atoms with van der Waals surface area (Å²) >= 11 is 0. The van der Waals surface area contributed by atoms with E-state index in [0.717, 1.165) is 25.9 Å². The first-order valence-electron chi connectivity index (χ1n) is 6.55. The van der Waals surface area contributed by atoms with Crippen LogP contribution >= 0.6 is 0 Å². The molecule has 1 rings (SSSR count). The van der Waals surface area contributed by atoms with Gasteiger partial charge in [-0.2, -0.15) is 0 Å². The number of hydrogen-bond acceptors (Lipinski definition) is 2. The molecular weight excluding hydrogens is 208 g/mol. The Morgan fingerprint density at radius 1 is 1.24 bits per heavy atom. The van der Waals surface area contributed by atoms with Gasteiger partial charge in [0, 0.05) is 18.6 Å². The SMILES string of the molecule is CCC(CC)(CN)N(C)Cc1cccc(C)c1. The molecule has 0 heterocycles. The normalized spacial score (nSPS) is 12.1. The van der Waals surface area contributed by atoms with Crippen molar-refractivity contribution in [1.29, 1.82) is 0 Å². The topological polar surface area (TPSA) is 29.3 Å². The van der Waals surface area contributed by atoms with Gasteiger partial charge < -0.3 is 5.73 Å². The quantitative estimate of drug-likeness (QED) is 0.820. The van der Waals surface area contributed by atoms with Gasteiger partial charge >= 0.3 is 0 Å². The maximum atomic E-state index is 5.97. The van der Waals surface area contributed by atoms with Gasteiger partial charge in [0.2, 0.25) is 0 Å². The smallest absolute Gasteiger partial charge is 0.0327 e. The van der Waals surface area contributed by atoms with E-state index >= 15 is 0 Å². The van der Waals surface area contributed by atoms with Crippen molar-refractivity contribution in [2.24, 2.45) is 5.73 Å². The lowest BCUT2D eigenvalue weighted by atomic mass is 9.90. The molecule has 0 amide bonds. The highest BCUT2D eigenvalue weighted by Gasteiger charge is 2.29. The Labute approximate surface area is 106 Å². The van der Waals surface area contributed by atoms with Crippen LogP contribution in [0.5, 0.6) is 0 Å². The average molecular weight is 234 g/mol. The molecule has 17 heavy (non-hydrogen) atoms. The number of hydrogen-bond donors (Lipinski definition) is 1. The van der Waals surface area contributed by atoms with Crippen molar-refractivity contribution < 1.29 is 0 Å². The second kappa shape index (κ2) is 6.18. The lowest BCUT2D eigenvalue weighted by Gasteiger charge is -2.40. The number of likely N-dealkylation sites (N-methyl/N-ethyl adjacent to an activating group) is 1. The molecule has 1 aromatic rings. The van der Waals surface area contributed by atoms with Crippen molar-refractivity contribution >= 4 is 0 Å². The van der Waals surface area contributed by atoms with E-state index < -0.39 is 0 Å². The number of nitrogens with two attached hydrogens (primary N) is 1. The van der Waals surface area contributed by atoms with E-state index in [-0.39, 0.29) is 5.54 Å². The summed E-state index contributed by atoms with van der Waals surface area (Å²) in [4.78, 5) is 2.40. The molecule has 0 unspecified atom stereocenters. The first-order chi connectivity index (χ1) is 8.07. The molecule has 0 bridgehead atoms. The lowest BCUT2D eigenvalue weighted by Crippen LogP contribution is -2.50. The Balaban J connectivity index is 2.80. The fourth-order valence-corrected chi connectivity index (χ4v) is 2.49. The van der Waals surface area contributed by atoms with Gasteiger partial charge in [-0.1, -0.05) is 43.7 Å². The van der Waals surface area contributed by atoms with Crippen LogP contribution in [0.2, 0.25) is 0 Å². The second-order valence-corrected chi connectivity index (χ2v) is 4.98. The molecule has 0 aromatic heterocycles. The zero-order valence-corrected chi connectivity index (χ0v) is 11.7. The maximum absolute atomic E-state index is 5.97. The average Bonchev–Trinajstić information content (AvgIpc) is 2.32. The van der Waals surface area contributed by atoms with Crippen LogP contribution in [-0.2, 0) is 6.54 Å². The molecule has 0 atom stereocenters. The van der Waals surface area contributed by atoms with E-state index in [4.69, 9.17) is 5.73 Å². The monoisotopic (exact) mass is 234 g/mol. The Morgan fingerprint density at radius 2 is 1.88 bits per heavy atom. The van der Waals surface area contributed by atoms with E-state index in [9.17, 15) is 0 Å². The Hall–Kier alpha value is -0.860. The van der Waals surface area contributed by atoms with Crippen molar-refractivity contribution in [2.75, 3.05) is 13.6 Å². The van der Waals surface area contributed by atoms with Gasteiger partial charge in [0.15, 0.2) is 0 Å². The minimum absolute atomic E-state index is 0.143. The molecule has 0 aliphatic carbocycles. The van der Waals surface area contributed by atoms with E-state index in [0.29, 0.717) is 0 Å². The molecule has 0 radical (unpaired) electrons. The van der Waals surface area contributed by atoms with Crippen LogP contribution in [0, 0.1) is 6.92 Å². The summed E-state index contributed by atoms with van der Waals surface area (Å²) in [6.45, 7) is 8.29. The van der Waals surface area contributed by atoms with Gasteiger partial charge in [-0.15, -0.1) is 0 Å². The summed E-state index contributed by atoms with van der Waals surface area (Å²) in [6, 6.07) is 8.71. The summed E-state index contributed by atoms with van der Waals surface area (Å²) in [5.74, 6) is 0. The second-order valence-electron chi connectivity index (χ2n) is 4.98. The molecular formula is C15H26N2. The third-order valence-corrected chi connectivity index (χ3v) is 4.01. The molecule has 0 aliphatic rings. The molecule has 1 aromatic carbocycles. The largest absolute Gasteiger partial charge is 0.329 e. The molecule has 0 spiro atoms. The fourth-order valence-electron chi connectivity index (χ4n) is 2.49. The first-order valence-corrected chi connectivity index (χ1v) is 6.55. The van der Waals surface area contributed by atoms with Crippen LogP contribution in [-0.4, -0.2) is 24.0 Å². The molecule has 96 valence electrons. The van der Waals surface area contributed by atoms with Crippen LogP contribution in [0.4, 0.5) is 0 Å². The standard InChI is InChI=1S/C15H26N2/c1-5-15(6-2,12-16)17(4)11-14-9-7-8-13(3)10-14/h7-10H,5-6,11-12,16H2,1-4H3. The summed E-state index contributed by atoms with van der Waals surface area (Å²) in [7, 11) is 2.18. The number of aryl methyl sites for hydroxylation is 1. The van der Waals surface area contributed by atoms with Crippen LogP contribution in [0.3, 0.4) is 0 Å². The fraction of sp³-hybridized carbons (Fsp3) is 0.600. The van der Waals surface area contributed by atoms with Gasteiger partial charge in [-0.3, -0.25) is 4.90 Å². The highest BCUT2D eigenvalue weighted by molar-refractivity contribution is 5.22.